The Balaban J connectivity index is 2.71. The minimum absolute atomic E-state index is 0.0931. The normalized spacial score (nSPS) is 13.0. The van der Waals surface area contributed by atoms with Crippen LogP contribution in [0.25, 0.3) is 0 Å². The minimum Gasteiger partial charge on any atom is -0.459 e. The molecule has 0 aliphatic rings. The van der Waals surface area contributed by atoms with Crippen molar-refractivity contribution in [1.82, 2.24) is 4.90 Å². The van der Waals surface area contributed by atoms with Crippen molar-refractivity contribution in [3.05, 3.63) is 35.4 Å². The van der Waals surface area contributed by atoms with Crippen molar-refractivity contribution in [3.8, 4) is 6.07 Å². The average molecular weight is 318 g/mol. The van der Waals surface area contributed by atoms with E-state index in [9.17, 15) is 9.90 Å². The molecular weight excluding hydrogens is 292 g/mol. The molecule has 0 aliphatic carbocycles. The number of rotatable bonds is 6. The van der Waals surface area contributed by atoms with Gasteiger partial charge in [-0.05, 0) is 52.3 Å². The number of hydrogen-bond donors (Lipinski definition) is 1. The molecule has 0 aliphatic heterocycles. The maximum atomic E-state index is 12.0. The van der Waals surface area contributed by atoms with Gasteiger partial charge < -0.3 is 9.84 Å². The summed E-state index contributed by atoms with van der Waals surface area (Å²) in [6, 6.07) is 8.95. The maximum Gasteiger partial charge on any atom is 0.320 e. The predicted octanol–water partition coefficient (Wildman–Crippen LogP) is 2.64. The maximum absolute atomic E-state index is 12.0. The molecule has 1 aromatic carbocycles. The van der Waals surface area contributed by atoms with Crippen molar-refractivity contribution >= 4 is 5.97 Å². The third-order valence-corrected chi connectivity index (χ3v) is 3.31. The Labute approximate surface area is 138 Å². The Kier molecular flexibility index (Phi) is 6.74. The molecule has 0 radical (unpaired) electrons. The number of carbonyl (C=O) groups excluding carboxylic acids is 1. The molecule has 126 valence electrons. The first-order valence-electron chi connectivity index (χ1n) is 7.76. The van der Waals surface area contributed by atoms with Gasteiger partial charge in [0, 0.05) is 12.6 Å². The van der Waals surface area contributed by atoms with Crippen molar-refractivity contribution < 1.29 is 14.6 Å². The topological polar surface area (TPSA) is 73.6 Å². The molecule has 1 N–H and O–H groups in total. The third kappa shape index (κ3) is 6.81. The molecule has 0 spiro atoms. The van der Waals surface area contributed by atoms with Gasteiger partial charge in [-0.3, -0.25) is 9.69 Å². The number of esters is 1. The lowest BCUT2D eigenvalue weighted by Gasteiger charge is -2.29. The van der Waals surface area contributed by atoms with Crippen LogP contribution in [0.2, 0.25) is 0 Å². The van der Waals surface area contributed by atoms with Gasteiger partial charge in [-0.25, -0.2) is 0 Å². The first-order chi connectivity index (χ1) is 10.6. The van der Waals surface area contributed by atoms with Crippen molar-refractivity contribution in [1.29, 1.82) is 5.26 Å². The summed E-state index contributed by atoms with van der Waals surface area (Å²) in [6.07, 6.45) is -0.729. The lowest BCUT2D eigenvalue weighted by molar-refractivity contribution is -0.157. The quantitative estimate of drug-likeness (QED) is 0.816. The smallest absolute Gasteiger partial charge is 0.320 e. The second-order valence-electron chi connectivity index (χ2n) is 6.86. The molecule has 0 bridgehead atoms. The van der Waals surface area contributed by atoms with Crippen molar-refractivity contribution in [2.75, 3.05) is 13.1 Å². The molecule has 1 atom stereocenters. The van der Waals surface area contributed by atoms with E-state index in [2.05, 4.69) is 0 Å². The largest absolute Gasteiger partial charge is 0.459 e. The SMILES string of the molecule is CC(C)N(CC(=O)OC(C)(C)C)CC(O)c1ccc(C#N)cc1. The van der Waals surface area contributed by atoms with E-state index in [4.69, 9.17) is 10.00 Å². The van der Waals surface area contributed by atoms with Gasteiger partial charge in [-0.2, -0.15) is 5.26 Å². The van der Waals surface area contributed by atoms with E-state index >= 15 is 0 Å². The van der Waals surface area contributed by atoms with Crippen LogP contribution >= 0.6 is 0 Å². The third-order valence-electron chi connectivity index (χ3n) is 3.31. The summed E-state index contributed by atoms with van der Waals surface area (Å²) in [5, 5.41) is 19.2. The van der Waals surface area contributed by atoms with Crippen LogP contribution in [0.3, 0.4) is 0 Å². The van der Waals surface area contributed by atoms with Gasteiger partial charge in [-0.1, -0.05) is 12.1 Å². The summed E-state index contributed by atoms with van der Waals surface area (Å²) in [5.41, 5.74) is 0.750. The zero-order chi connectivity index (χ0) is 17.6. The molecular formula is C18H26N2O3. The Morgan fingerprint density at radius 1 is 1.30 bits per heavy atom. The van der Waals surface area contributed by atoms with E-state index in [1.165, 1.54) is 0 Å². The Morgan fingerprint density at radius 3 is 2.30 bits per heavy atom. The molecule has 0 amide bonds. The van der Waals surface area contributed by atoms with Gasteiger partial charge in [-0.15, -0.1) is 0 Å². The van der Waals surface area contributed by atoms with E-state index < -0.39 is 11.7 Å². The van der Waals surface area contributed by atoms with Crippen LogP contribution < -0.4 is 0 Å². The van der Waals surface area contributed by atoms with Crippen molar-refractivity contribution in [2.24, 2.45) is 0 Å². The van der Waals surface area contributed by atoms with Crippen LogP contribution in [-0.2, 0) is 9.53 Å². The van der Waals surface area contributed by atoms with E-state index in [1.54, 1.807) is 24.3 Å². The van der Waals surface area contributed by atoms with Crippen LogP contribution in [0, 0.1) is 11.3 Å². The fraction of sp³-hybridized carbons (Fsp3) is 0.556. The fourth-order valence-corrected chi connectivity index (χ4v) is 2.10. The molecule has 0 saturated carbocycles. The second-order valence-corrected chi connectivity index (χ2v) is 6.86. The predicted molar refractivity (Wildman–Crippen MR) is 88.7 cm³/mol. The average Bonchev–Trinajstić information content (AvgIpc) is 2.44. The van der Waals surface area contributed by atoms with Gasteiger partial charge in [0.1, 0.15) is 5.60 Å². The number of aliphatic hydroxyl groups excluding tert-OH is 1. The van der Waals surface area contributed by atoms with Crippen LogP contribution in [-0.4, -0.2) is 40.7 Å². The Morgan fingerprint density at radius 2 is 1.87 bits per heavy atom. The van der Waals surface area contributed by atoms with Gasteiger partial charge >= 0.3 is 5.97 Å². The lowest BCUT2D eigenvalue weighted by atomic mass is 10.1. The second kappa shape index (κ2) is 8.09. The number of hydrogen-bond acceptors (Lipinski definition) is 5. The van der Waals surface area contributed by atoms with E-state index in [0.717, 1.165) is 5.56 Å². The van der Waals surface area contributed by atoms with Crippen molar-refractivity contribution in [2.45, 2.75) is 52.4 Å². The number of benzene rings is 1. The Bertz CT molecular complexity index is 553. The highest BCUT2D eigenvalue weighted by Gasteiger charge is 2.22. The van der Waals surface area contributed by atoms with E-state index in [0.29, 0.717) is 12.1 Å². The van der Waals surface area contributed by atoms with Crippen molar-refractivity contribution in [3.63, 3.8) is 0 Å². The lowest BCUT2D eigenvalue weighted by Crippen LogP contribution is -2.41. The van der Waals surface area contributed by atoms with Gasteiger partial charge in [0.05, 0.1) is 24.3 Å². The number of ether oxygens (including phenoxy) is 1. The van der Waals surface area contributed by atoms with Crippen LogP contribution in [0.1, 0.15) is 51.8 Å². The van der Waals surface area contributed by atoms with Gasteiger partial charge in [0.2, 0.25) is 0 Å². The number of nitrogens with zero attached hydrogens (tertiary/aromatic N) is 2. The molecule has 5 nitrogen and oxygen atoms in total. The van der Waals surface area contributed by atoms with Crippen LogP contribution in [0.15, 0.2) is 24.3 Å². The minimum atomic E-state index is -0.729. The molecule has 1 unspecified atom stereocenters. The molecule has 0 heterocycles. The molecule has 1 aromatic rings. The highest BCUT2D eigenvalue weighted by Crippen LogP contribution is 2.17. The molecule has 0 fully saturated rings. The number of aliphatic hydroxyl groups is 1. The zero-order valence-electron chi connectivity index (χ0n) is 14.5. The van der Waals surface area contributed by atoms with E-state index in [1.807, 2.05) is 45.6 Å². The van der Waals surface area contributed by atoms with Crippen LogP contribution in [0.5, 0.6) is 0 Å². The molecule has 23 heavy (non-hydrogen) atoms. The van der Waals surface area contributed by atoms with Gasteiger partial charge in [0.15, 0.2) is 0 Å². The number of nitriles is 1. The summed E-state index contributed by atoms with van der Waals surface area (Å²) >= 11 is 0. The Hall–Kier alpha value is -1.90. The van der Waals surface area contributed by atoms with Crippen LogP contribution in [0.4, 0.5) is 0 Å². The highest BCUT2D eigenvalue weighted by atomic mass is 16.6. The summed E-state index contributed by atoms with van der Waals surface area (Å²) in [4.78, 5) is 13.9. The summed E-state index contributed by atoms with van der Waals surface area (Å²) in [7, 11) is 0. The monoisotopic (exact) mass is 318 g/mol. The molecule has 5 heteroatoms. The first-order valence-corrected chi connectivity index (χ1v) is 7.76. The summed E-state index contributed by atoms with van der Waals surface area (Å²) in [6.45, 7) is 9.87. The summed E-state index contributed by atoms with van der Waals surface area (Å²) in [5.74, 6) is -0.307. The zero-order valence-corrected chi connectivity index (χ0v) is 14.5. The molecule has 1 rings (SSSR count). The highest BCUT2D eigenvalue weighted by molar-refractivity contribution is 5.72. The van der Waals surface area contributed by atoms with Gasteiger partial charge in [0.25, 0.3) is 0 Å². The first kappa shape index (κ1) is 19.1. The summed E-state index contributed by atoms with van der Waals surface area (Å²) < 4.78 is 5.34. The standard InChI is InChI=1S/C18H26N2O3/c1-13(2)20(12-17(22)23-18(3,4)5)11-16(21)15-8-6-14(10-19)7-9-15/h6-9,13,16,21H,11-12H2,1-5H3. The fourth-order valence-electron chi connectivity index (χ4n) is 2.10. The van der Waals surface area contributed by atoms with E-state index in [-0.39, 0.29) is 18.6 Å². The molecule has 0 saturated heterocycles. The number of carbonyl (C=O) groups is 1. The molecule has 0 aromatic heterocycles.